The van der Waals surface area contributed by atoms with Gasteiger partial charge in [-0.25, -0.2) is 9.59 Å². The third-order valence-corrected chi connectivity index (χ3v) is 5.22. The smallest absolute Gasteiger partial charge is 0.345 e. The highest BCUT2D eigenvalue weighted by atomic mass is 16.7. The number of ether oxygens (including phenoxy) is 1. The Hall–Kier alpha value is -3.14. The lowest BCUT2D eigenvalue weighted by Gasteiger charge is -2.31. The molecule has 3 atom stereocenters. The lowest BCUT2D eigenvalue weighted by Crippen LogP contribution is -2.59. The van der Waals surface area contributed by atoms with Gasteiger partial charge in [-0.3, -0.25) is 48.9 Å². The first-order chi connectivity index (χ1) is 17.3. The molecule has 18 heteroatoms. The van der Waals surface area contributed by atoms with Crippen molar-refractivity contribution in [3.05, 3.63) is 35.4 Å². The maximum absolute atomic E-state index is 13.3. The standard InChI is InChI=1S/C20H33N9O9/c21-13(17(33)38-28-8-20(26,27)36)12(7-19(24,25)35)37-16(32)11(5-6-18(22,23)34)29-14(30)9-3-1-2-4-10(9)15(29)31/h1-4,11-13,28,34-36H,5-8,21-27H2. The summed E-state index contributed by atoms with van der Waals surface area (Å²) in [6.07, 6.45) is -3.55. The van der Waals surface area contributed by atoms with E-state index < -0.39 is 85.3 Å². The van der Waals surface area contributed by atoms with Crippen LogP contribution in [-0.2, 0) is 19.2 Å². The van der Waals surface area contributed by atoms with Crippen LogP contribution in [0.15, 0.2) is 24.3 Å². The molecule has 0 bridgehead atoms. The van der Waals surface area contributed by atoms with E-state index in [1.807, 2.05) is 5.48 Å². The van der Waals surface area contributed by atoms with Crippen molar-refractivity contribution < 1.29 is 44.1 Å². The highest BCUT2D eigenvalue weighted by molar-refractivity contribution is 6.22. The van der Waals surface area contributed by atoms with Gasteiger partial charge in [0.05, 0.1) is 17.7 Å². The van der Waals surface area contributed by atoms with Gasteiger partial charge in [-0.1, -0.05) is 12.1 Å². The van der Waals surface area contributed by atoms with Gasteiger partial charge in [0.1, 0.15) is 18.2 Å². The maximum Gasteiger partial charge on any atom is 0.345 e. The van der Waals surface area contributed by atoms with Crippen molar-refractivity contribution in [1.29, 1.82) is 0 Å². The van der Waals surface area contributed by atoms with E-state index in [4.69, 9.17) is 44.9 Å². The SMILES string of the molecule is NC(C(=O)ONCC(N)(N)O)C(CC(N)(N)O)OC(=O)C(CCC(N)(N)O)N1C(=O)c2ccccc2C1=O. The summed E-state index contributed by atoms with van der Waals surface area (Å²) in [5, 5.41) is 28.9. The van der Waals surface area contributed by atoms with Crippen molar-refractivity contribution in [2.75, 3.05) is 6.54 Å². The van der Waals surface area contributed by atoms with Gasteiger partial charge in [0.25, 0.3) is 11.8 Å². The molecule has 0 aliphatic carbocycles. The van der Waals surface area contributed by atoms with E-state index in [-0.39, 0.29) is 11.1 Å². The molecule has 0 fully saturated rings. The Morgan fingerprint density at radius 2 is 1.42 bits per heavy atom. The molecule has 1 aliphatic heterocycles. The molecule has 212 valence electrons. The van der Waals surface area contributed by atoms with Crippen molar-refractivity contribution in [3.63, 3.8) is 0 Å². The summed E-state index contributed by atoms with van der Waals surface area (Å²) >= 11 is 0. The molecule has 0 radical (unpaired) electrons. The zero-order chi connectivity index (χ0) is 29.1. The number of nitrogens with one attached hydrogen (secondary N) is 1. The number of rotatable bonds is 13. The molecule has 3 unspecified atom stereocenters. The number of aliphatic hydroxyl groups is 3. The monoisotopic (exact) mass is 543 g/mol. The molecule has 0 saturated heterocycles. The van der Waals surface area contributed by atoms with Crippen LogP contribution in [0.2, 0.25) is 0 Å². The number of imide groups is 1. The van der Waals surface area contributed by atoms with Crippen LogP contribution < -0.4 is 45.6 Å². The Kier molecular flexibility index (Phi) is 9.58. The fourth-order valence-corrected chi connectivity index (χ4v) is 3.45. The van der Waals surface area contributed by atoms with Crippen molar-refractivity contribution in [3.8, 4) is 0 Å². The number of carbonyl (C=O) groups excluding carboxylic acids is 4. The number of amides is 2. The zero-order valence-electron chi connectivity index (χ0n) is 20.1. The van der Waals surface area contributed by atoms with Crippen LogP contribution >= 0.6 is 0 Å². The molecule has 1 aliphatic rings. The van der Waals surface area contributed by atoms with E-state index in [0.717, 1.165) is 0 Å². The fourth-order valence-electron chi connectivity index (χ4n) is 3.45. The molecule has 0 spiro atoms. The summed E-state index contributed by atoms with van der Waals surface area (Å²) < 4.78 is 5.27. The van der Waals surface area contributed by atoms with E-state index in [9.17, 15) is 34.5 Å². The fraction of sp³-hybridized carbons (Fsp3) is 0.500. The van der Waals surface area contributed by atoms with Crippen LogP contribution in [0.4, 0.5) is 0 Å². The van der Waals surface area contributed by atoms with E-state index in [0.29, 0.717) is 4.90 Å². The summed E-state index contributed by atoms with van der Waals surface area (Å²) in [5.74, 6) is -11.3. The largest absolute Gasteiger partial charge is 0.458 e. The minimum Gasteiger partial charge on any atom is -0.458 e. The molecule has 1 aromatic rings. The number of hydrogen-bond acceptors (Lipinski definition) is 17. The van der Waals surface area contributed by atoms with Gasteiger partial charge < -0.3 is 30.6 Å². The molecule has 38 heavy (non-hydrogen) atoms. The maximum atomic E-state index is 13.3. The molecule has 1 heterocycles. The first-order valence-corrected chi connectivity index (χ1v) is 11.1. The van der Waals surface area contributed by atoms with E-state index in [1.165, 1.54) is 24.3 Å². The molecular formula is C20H33N9O9. The minimum absolute atomic E-state index is 0.00650. The lowest BCUT2D eigenvalue weighted by atomic mass is 10.0. The van der Waals surface area contributed by atoms with Gasteiger partial charge >= 0.3 is 11.9 Å². The van der Waals surface area contributed by atoms with Crippen LogP contribution in [0.3, 0.4) is 0 Å². The Morgan fingerprint density at radius 3 is 1.87 bits per heavy atom. The summed E-state index contributed by atoms with van der Waals surface area (Å²) in [7, 11) is 0. The number of hydrogen-bond donors (Lipinski definition) is 11. The third kappa shape index (κ3) is 8.72. The average molecular weight is 544 g/mol. The van der Waals surface area contributed by atoms with Crippen LogP contribution in [-0.4, -0.2) is 86.3 Å². The molecule has 18 N–H and O–H groups in total. The Morgan fingerprint density at radius 1 is 0.895 bits per heavy atom. The Balaban J connectivity index is 2.31. The van der Waals surface area contributed by atoms with Crippen LogP contribution in [0.25, 0.3) is 0 Å². The topological polar surface area (TPSA) is 345 Å². The summed E-state index contributed by atoms with van der Waals surface area (Å²) in [6.45, 7) is -0.628. The molecule has 0 saturated carbocycles. The quantitative estimate of drug-likeness (QED) is 0.0476. The number of nitrogens with two attached hydrogens (primary N) is 7. The van der Waals surface area contributed by atoms with Crippen LogP contribution in [0, 0.1) is 0 Å². The average Bonchev–Trinajstić information content (AvgIpc) is 3.01. The van der Waals surface area contributed by atoms with Gasteiger partial charge in [0.15, 0.2) is 17.5 Å². The van der Waals surface area contributed by atoms with Gasteiger partial charge in [-0.15, -0.1) is 5.48 Å². The number of esters is 1. The molecule has 2 amide bonds. The van der Waals surface area contributed by atoms with Gasteiger partial charge in [-0.2, -0.15) is 0 Å². The van der Waals surface area contributed by atoms with Crippen molar-refractivity contribution >= 4 is 23.8 Å². The second-order valence-electron chi connectivity index (χ2n) is 9.00. The third-order valence-electron chi connectivity index (χ3n) is 5.22. The molecule has 18 nitrogen and oxygen atoms in total. The molecule has 2 rings (SSSR count). The Labute approximate surface area is 215 Å². The predicted octanol–water partition coefficient (Wildman–Crippen LogP) is -6.20. The Bertz CT molecular complexity index is 1010. The second kappa shape index (κ2) is 11.7. The summed E-state index contributed by atoms with van der Waals surface area (Å²) in [6, 6.07) is 2.19. The minimum atomic E-state index is -2.51. The predicted molar refractivity (Wildman–Crippen MR) is 127 cm³/mol. The summed E-state index contributed by atoms with van der Waals surface area (Å²) in [4.78, 5) is 56.8. The van der Waals surface area contributed by atoms with E-state index >= 15 is 0 Å². The van der Waals surface area contributed by atoms with E-state index in [1.54, 1.807) is 0 Å². The molecular weight excluding hydrogens is 510 g/mol. The first-order valence-electron chi connectivity index (χ1n) is 11.1. The van der Waals surface area contributed by atoms with Crippen LogP contribution in [0.1, 0.15) is 40.0 Å². The van der Waals surface area contributed by atoms with E-state index in [2.05, 4.69) is 4.84 Å². The zero-order valence-corrected chi connectivity index (χ0v) is 20.1. The van der Waals surface area contributed by atoms with Gasteiger partial charge in [0, 0.05) is 12.8 Å². The number of nitrogens with zero attached hydrogens (tertiary/aromatic N) is 1. The highest BCUT2D eigenvalue weighted by Crippen LogP contribution is 2.27. The first kappa shape index (κ1) is 31.1. The van der Waals surface area contributed by atoms with Crippen molar-refractivity contribution in [2.24, 2.45) is 40.1 Å². The number of hydroxylamine groups is 1. The second-order valence-corrected chi connectivity index (χ2v) is 9.00. The van der Waals surface area contributed by atoms with Gasteiger partial charge in [0.2, 0.25) is 0 Å². The van der Waals surface area contributed by atoms with Crippen molar-refractivity contribution in [2.45, 2.75) is 55.0 Å². The summed E-state index contributed by atoms with van der Waals surface area (Å²) in [5.41, 5.74) is 39.6. The number of benzene rings is 1. The number of carbonyl (C=O) groups is 4. The number of fused-ring (bicyclic) bond motifs is 1. The molecule has 1 aromatic carbocycles. The normalized spacial score (nSPS) is 16.6. The lowest BCUT2D eigenvalue weighted by molar-refractivity contribution is -0.168. The van der Waals surface area contributed by atoms with Crippen LogP contribution in [0.5, 0.6) is 0 Å². The van der Waals surface area contributed by atoms with Crippen molar-refractivity contribution in [1.82, 2.24) is 10.4 Å². The highest BCUT2D eigenvalue weighted by Gasteiger charge is 2.45. The molecule has 0 aromatic heterocycles. The van der Waals surface area contributed by atoms with Gasteiger partial charge in [-0.05, 0) is 18.6 Å².